The maximum atomic E-state index is 14.5. The summed E-state index contributed by atoms with van der Waals surface area (Å²) in [5, 5.41) is 11.4. The van der Waals surface area contributed by atoms with E-state index < -0.39 is 23.4 Å². The monoisotopic (exact) mass is 524 g/mol. The second-order valence-corrected chi connectivity index (χ2v) is 8.95. The van der Waals surface area contributed by atoms with E-state index in [-0.39, 0.29) is 46.5 Å². The Morgan fingerprint density at radius 3 is 1.63 bits per heavy atom. The summed E-state index contributed by atoms with van der Waals surface area (Å²) in [7, 11) is 0. The third-order valence-corrected chi connectivity index (χ3v) is 6.13. The van der Waals surface area contributed by atoms with E-state index in [4.69, 9.17) is 9.47 Å². The number of hydrogen-bond acceptors (Lipinski definition) is 8. The van der Waals surface area contributed by atoms with E-state index in [0.29, 0.717) is 13.1 Å². The van der Waals surface area contributed by atoms with Crippen LogP contribution in [-0.4, -0.2) is 60.2 Å². The number of anilines is 2. The predicted molar refractivity (Wildman–Crippen MR) is 135 cm³/mol. The van der Waals surface area contributed by atoms with E-state index >= 15 is 0 Å². The molecule has 0 unspecified atom stereocenters. The zero-order valence-corrected chi connectivity index (χ0v) is 20.3. The summed E-state index contributed by atoms with van der Waals surface area (Å²) in [4.78, 5) is 33.2. The van der Waals surface area contributed by atoms with Crippen LogP contribution in [0.5, 0.6) is 11.5 Å². The Morgan fingerprint density at radius 1 is 0.763 bits per heavy atom. The van der Waals surface area contributed by atoms with E-state index in [9.17, 15) is 18.4 Å². The van der Waals surface area contributed by atoms with Gasteiger partial charge < -0.3 is 30.7 Å². The molecule has 0 aliphatic carbocycles. The van der Waals surface area contributed by atoms with Crippen LogP contribution in [0, 0.1) is 11.6 Å². The number of ether oxygens (including phenoxy) is 2. The van der Waals surface area contributed by atoms with Crippen molar-refractivity contribution in [2.45, 2.75) is 25.0 Å². The second-order valence-electron chi connectivity index (χ2n) is 8.95. The molecule has 4 N–H and O–H groups in total. The van der Waals surface area contributed by atoms with E-state index in [0.717, 1.165) is 44.4 Å². The summed E-state index contributed by atoms with van der Waals surface area (Å²) in [6.07, 6.45) is 2.42. The van der Waals surface area contributed by atoms with Gasteiger partial charge in [-0.2, -0.15) is 0 Å². The van der Waals surface area contributed by atoms with Crippen molar-refractivity contribution >= 4 is 23.2 Å². The number of nitrogens with zero attached hydrogens (tertiary/aromatic N) is 2. The minimum Gasteiger partial charge on any atom is -0.486 e. The molecule has 38 heavy (non-hydrogen) atoms. The molecule has 2 aliphatic heterocycles. The van der Waals surface area contributed by atoms with Crippen LogP contribution in [0.4, 0.5) is 20.2 Å². The summed E-state index contributed by atoms with van der Waals surface area (Å²) in [6, 6.07) is 9.40. The molecule has 2 aromatic carbocycles. The average molecular weight is 525 g/mol. The van der Waals surface area contributed by atoms with Gasteiger partial charge in [-0.25, -0.2) is 18.7 Å². The first kappa shape index (κ1) is 25.5. The standard InChI is InChI=1S/C26H26F2N6O4/c27-19-9-15(1-3-23(19)37-17-5-7-29-12-17)33-25(35)21-11-22(32-14-31-21)26(36)34-16-2-4-24(20(28)10-16)38-18-6-8-30-13-18/h1-4,9-11,14,17-18,29-30H,5-8,12-13H2,(H,33,35)(H,34,36)/t17-,18-/m1/s1. The van der Waals surface area contributed by atoms with Crippen molar-refractivity contribution in [3.05, 3.63) is 71.8 Å². The Balaban J connectivity index is 1.20. The molecule has 3 heterocycles. The first-order valence-electron chi connectivity index (χ1n) is 12.2. The molecule has 2 saturated heterocycles. The van der Waals surface area contributed by atoms with Crippen molar-refractivity contribution in [2.75, 3.05) is 36.8 Å². The lowest BCUT2D eigenvalue weighted by molar-refractivity contribution is 0.102. The van der Waals surface area contributed by atoms with Crippen LogP contribution in [0.1, 0.15) is 33.8 Å². The zero-order valence-electron chi connectivity index (χ0n) is 20.3. The first-order chi connectivity index (χ1) is 18.4. The van der Waals surface area contributed by atoms with Crippen molar-refractivity contribution in [3.63, 3.8) is 0 Å². The van der Waals surface area contributed by atoms with Crippen LogP contribution in [0.3, 0.4) is 0 Å². The lowest BCUT2D eigenvalue weighted by atomic mass is 10.2. The lowest BCUT2D eigenvalue weighted by Gasteiger charge is -2.14. The molecule has 2 aliphatic rings. The normalized spacial score (nSPS) is 18.7. The number of amides is 2. The molecular formula is C26H26F2N6O4. The van der Waals surface area contributed by atoms with Crippen molar-refractivity contribution in [1.82, 2.24) is 20.6 Å². The third-order valence-electron chi connectivity index (χ3n) is 6.13. The van der Waals surface area contributed by atoms with E-state index in [1.165, 1.54) is 30.3 Å². The van der Waals surface area contributed by atoms with E-state index in [1.807, 2.05) is 0 Å². The summed E-state index contributed by atoms with van der Waals surface area (Å²) >= 11 is 0. The molecular weight excluding hydrogens is 498 g/mol. The Labute approximate surface area is 217 Å². The fraction of sp³-hybridized carbons (Fsp3) is 0.308. The summed E-state index contributed by atoms with van der Waals surface area (Å²) in [5.74, 6) is -2.34. The minimum atomic E-state index is -0.663. The van der Waals surface area contributed by atoms with Gasteiger partial charge >= 0.3 is 0 Å². The number of aromatic nitrogens is 2. The number of nitrogens with one attached hydrogen (secondary N) is 4. The molecule has 10 nitrogen and oxygen atoms in total. The fourth-order valence-electron chi connectivity index (χ4n) is 4.16. The molecule has 0 spiro atoms. The number of rotatable bonds is 8. The number of benzene rings is 2. The van der Waals surface area contributed by atoms with Gasteiger partial charge in [0, 0.05) is 42.7 Å². The van der Waals surface area contributed by atoms with Gasteiger partial charge in [0.2, 0.25) is 0 Å². The molecule has 12 heteroatoms. The Bertz CT molecular complexity index is 1230. The smallest absolute Gasteiger partial charge is 0.274 e. The molecule has 0 radical (unpaired) electrons. The largest absolute Gasteiger partial charge is 0.486 e. The van der Waals surface area contributed by atoms with Gasteiger partial charge in [-0.15, -0.1) is 0 Å². The highest BCUT2D eigenvalue weighted by Gasteiger charge is 2.20. The quantitative estimate of drug-likeness (QED) is 0.355. The average Bonchev–Trinajstić information content (AvgIpc) is 3.62. The molecule has 3 aromatic rings. The summed E-state index contributed by atoms with van der Waals surface area (Å²) in [5.41, 5.74) is 0.173. The Kier molecular flexibility index (Phi) is 7.70. The van der Waals surface area contributed by atoms with Gasteiger partial charge in [0.1, 0.15) is 29.9 Å². The molecule has 0 saturated carbocycles. The first-order valence-corrected chi connectivity index (χ1v) is 12.2. The molecule has 2 amide bonds. The van der Waals surface area contributed by atoms with Crippen LogP contribution in [0.15, 0.2) is 48.8 Å². The van der Waals surface area contributed by atoms with Crippen LogP contribution in [-0.2, 0) is 0 Å². The SMILES string of the molecule is O=C(Nc1ccc(O[C@@H]2CCNC2)c(F)c1)c1cc(C(=O)Nc2ccc(O[C@@H]3CCNC3)c(F)c2)ncn1. The van der Waals surface area contributed by atoms with E-state index in [1.54, 1.807) is 0 Å². The molecule has 0 bridgehead atoms. The second kappa shape index (κ2) is 11.5. The lowest BCUT2D eigenvalue weighted by Crippen LogP contribution is -2.20. The molecule has 2 atom stereocenters. The zero-order chi connectivity index (χ0) is 26.5. The maximum absolute atomic E-state index is 14.5. The molecule has 2 fully saturated rings. The highest BCUT2D eigenvalue weighted by molar-refractivity contribution is 6.06. The van der Waals surface area contributed by atoms with Crippen LogP contribution >= 0.6 is 0 Å². The van der Waals surface area contributed by atoms with Crippen LogP contribution < -0.4 is 30.7 Å². The van der Waals surface area contributed by atoms with Gasteiger partial charge in [0.05, 0.1) is 0 Å². The van der Waals surface area contributed by atoms with Gasteiger partial charge in [-0.05, 0) is 50.2 Å². The molecule has 1 aromatic heterocycles. The van der Waals surface area contributed by atoms with Gasteiger partial charge in [-0.3, -0.25) is 9.59 Å². The maximum Gasteiger partial charge on any atom is 0.274 e. The van der Waals surface area contributed by atoms with Crippen LogP contribution in [0.2, 0.25) is 0 Å². The topological polar surface area (TPSA) is 127 Å². The highest BCUT2D eigenvalue weighted by atomic mass is 19.1. The fourth-order valence-corrected chi connectivity index (χ4v) is 4.16. The van der Waals surface area contributed by atoms with Gasteiger partial charge in [0.25, 0.3) is 11.8 Å². The van der Waals surface area contributed by atoms with Crippen LogP contribution in [0.25, 0.3) is 0 Å². The number of carbonyl (C=O) groups excluding carboxylic acids is 2. The number of carbonyl (C=O) groups is 2. The number of halogens is 2. The van der Waals surface area contributed by atoms with Crippen molar-refractivity contribution in [1.29, 1.82) is 0 Å². The minimum absolute atomic E-state index is 0.101. The molecule has 198 valence electrons. The van der Waals surface area contributed by atoms with Crippen molar-refractivity contribution in [3.8, 4) is 11.5 Å². The molecule has 5 rings (SSSR count). The van der Waals surface area contributed by atoms with Gasteiger partial charge in [0.15, 0.2) is 23.1 Å². The third kappa shape index (κ3) is 6.21. The van der Waals surface area contributed by atoms with Gasteiger partial charge in [-0.1, -0.05) is 0 Å². The Morgan fingerprint density at radius 2 is 1.24 bits per heavy atom. The van der Waals surface area contributed by atoms with Crippen molar-refractivity contribution in [2.24, 2.45) is 0 Å². The van der Waals surface area contributed by atoms with Crippen molar-refractivity contribution < 1.29 is 27.8 Å². The highest BCUT2D eigenvalue weighted by Crippen LogP contribution is 2.25. The summed E-state index contributed by atoms with van der Waals surface area (Å²) in [6.45, 7) is 2.93. The van der Waals surface area contributed by atoms with E-state index in [2.05, 4.69) is 31.2 Å². The number of hydrogen-bond donors (Lipinski definition) is 4. The Hall–Kier alpha value is -4.16. The predicted octanol–water partition coefficient (Wildman–Crippen LogP) is 2.74. The summed E-state index contributed by atoms with van der Waals surface area (Å²) < 4.78 is 40.2.